The molecule has 128 valence electrons. The fourth-order valence-electron chi connectivity index (χ4n) is 2.19. The van der Waals surface area contributed by atoms with Crippen molar-refractivity contribution in [3.63, 3.8) is 0 Å². The van der Waals surface area contributed by atoms with Crippen LogP contribution in [-0.2, 0) is 6.54 Å². The van der Waals surface area contributed by atoms with E-state index < -0.39 is 0 Å². The Bertz CT molecular complexity index is 883. The smallest absolute Gasteiger partial charge is 0.248 e. The zero-order chi connectivity index (χ0) is 17.6. The van der Waals surface area contributed by atoms with E-state index in [-0.39, 0.29) is 12.4 Å². The van der Waals surface area contributed by atoms with E-state index in [0.717, 1.165) is 11.4 Å². The Morgan fingerprint density at radius 1 is 1.20 bits per heavy atom. The van der Waals surface area contributed by atoms with Crippen LogP contribution in [0.2, 0.25) is 0 Å². The molecule has 0 atom stereocenters. The van der Waals surface area contributed by atoms with E-state index in [9.17, 15) is 4.39 Å². The van der Waals surface area contributed by atoms with Crippen molar-refractivity contribution in [1.82, 2.24) is 14.8 Å². The fourth-order valence-corrected chi connectivity index (χ4v) is 2.40. The molecule has 2 aromatic carbocycles. The standard InChI is InChI=1S/C17H16FN5OS/c1-24-14-7-4-6-13(9-14)20-17(25)21-16-19-11-23(22-16)10-12-5-2-3-8-15(12)18/h2-9,11H,10H2,1H3,(H2,20,21,22,25). The van der Waals surface area contributed by atoms with Gasteiger partial charge in [0.15, 0.2) is 5.11 Å². The van der Waals surface area contributed by atoms with Crippen LogP contribution in [0.4, 0.5) is 16.0 Å². The molecule has 0 aliphatic heterocycles. The molecule has 1 heterocycles. The van der Waals surface area contributed by atoms with Gasteiger partial charge in [-0.3, -0.25) is 5.32 Å². The minimum absolute atomic E-state index is 0.275. The molecule has 3 rings (SSSR count). The van der Waals surface area contributed by atoms with Crippen LogP contribution >= 0.6 is 12.2 Å². The van der Waals surface area contributed by atoms with Gasteiger partial charge in [-0.25, -0.2) is 14.1 Å². The highest BCUT2D eigenvalue weighted by atomic mass is 32.1. The van der Waals surface area contributed by atoms with Crippen molar-refractivity contribution in [3.8, 4) is 5.75 Å². The van der Waals surface area contributed by atoms with Crippen LogP contribution in [0.15, 0.2) is 54.9 Å². The number of aromatic nitrogens is 3. The molecule has 25 heavy (non-hydrogen) atoms. The minimum atomic E-state index is -0.275. The first-order valence-corrected chi connectivity index (χ1v) is 7.90. The van der Waals surface area contributed by atoms with Gasteiger partial charge in [0.05, 0.1) is 13.7 Å². The maximum Gasteiger partial charge on any atom is 0.248 e. The molecule has 8 heteroatoms. The molecule has 0 amide bonds. The topological polar surface area (TPSA) is 64.0 Å². The highest BCUT2D eigenvalue weighted by molar-refractivity contribution is 7.80. The third-order valence-corrected chi connectivity index (χ3v) is 3.58. The molecule has 0 bridgehead atoms. The maximum absolute atomic E-state index is 13.7. The van der Waals surface area contributed by atoms with E-state index >= 15 is 0 Å². The number of ether oxygens (including phenoxy) is 1. The SMILES string of the molecule is COc1cccc(NC(=S)Nc2ncn(Cc3ccccc3F)n2)c1. The Hall–Kier alpha value is -3.00. The third kappa shape index (κ3) is 4.51. The Morgan fingerprint density at radius 2 is 2.04 bits per heavy atom. The van der Waals surface area contributed by atoms with E-state index in [0.29, 0.717) is 16.6 Å². The lowest BCUT2D eigenvalue weighted by Crippen LogP contribution is -2.20. The molecule has 0 aliphatic rings. The Balaban J connectivity index is 1.61. The zero-order valence-electron chi connectivity index (χ0n) is 13.4. The summed E-state index contributed by atoms with van der Waals surface area (Å²) in [6.45, 7) is 0.289. The summed E-state index contributed by atoms with van der Waals surface area (Å²) in [7, 11) is 1.60. The monoisotopic (exact) mass is 357 g/mol. The zero-order valence-corrected chi connectivity index (χ0v) is 14.3. The highest BCUT2D eigenvalue weighted by Crippen LogP contribution is 2.17. The largest absolute Gasteiger partial charge is 0.497 e. The molecule has 0 saturated heterocycles. The lowest BCUT2D eigenvalue weighted by atomic mass is 10.2. The summed E-state index contributed by atoms with van der Waals surface area (Å²) in [4.78, 5) is 4.12. The predicted molar refractivity (Wildman–Crippen MR) is 98.4 cm³/mol. The Morgan fingerprint density at radius 3 is 2.84 bits per heavy atom. The van der Waals surface area contributed by atoms with Crippen molar-refractivity contribution in [2.75, 3.05) is 17.7 Å². The second-order valence-electron chi connectivity index (χ2n) is 5.17. The second kappa shape index (κ2) is 7.71. The van der Waals surface area contributed by atoms with Gasteiger partial charge in [0, 0.05) is 17.3 Å². The molecule has 0 spiro atoms. The van der Waals surface area contributed by atoms with E-state index in [1.807, 2.05) is 24.3 Å². The molecule has 0 radical (unpaired) electrons. The number of rotatable bonds is 5. The summed E-state index contributed by atoms with van der Waals surface area (Å²) in [5.41, 5.74) is 1.32. The predicted octanol–water partition coefficient (Wildman–Crippen LogP) is 3.28. The van der Waals surface area contributed by atoms with Crippen LogP contribution in [0.1, 0.15) is 5.56 Å². The summed E-state index contributed by atoms with van der Waals surface area (Å²) in [6.07, 6.45) is 1.52. The summed E-state index contributed by atoms with van der Waals surface area (Å²) in [5.74, 6) is 0.777. The molecular weight excluding hydrogens is 341 g/mol. The van der Waals surface area contributed by atoms with Gasteiger partial charge in [0.1, 0.15) is 17.9 Å². The number of anilines is 2. The van der Waals surface area contributed by atoms with Crippen molar-refractivity contribution >= 4 is 29.0 Å². The van der Waals surface area contributed by atoms with Crippen molar-refractivity contribution in [1.29, 1.82) is 0 Å². The molecule has 0 unspecified atom stereocenters. The number of hydrogen-bond acceptors (Lipinski definition) is 4. The van der Waals surface area contributed by atoms with Gasteiger partial charge in [-0.05, 0) is 30.4 Å². The molecule has 0 saturated carbocycles. The number of methoxy groups -OCH3 is 1. The molecule has 3 aromatic rings. The number of hydrogen-bond donors (Lipinski definition) is 2. The van der Waals surface area contributed by atoms with E-state index in [2.05, 4.69) is 20.7 Å². The van der Waals surface area contributed by atoms with Crippen LogP contribution in [0.5, 0.6) is 5.75 Å². The van der Waals surface area contributed by atoms with Crippen molar-refractivity contribution < 1.29 is 9.13 Å². The highest BCUT2D eigenvalue weighted by Gasteiger charge is 2.07. The van der Waals surface area contributed by atoms with Gasteiger partial charge in [-0.15, -0.1) is 5.10 Å². The fraction of sp³-hybridized carbons (Fsp3) is 0.118. The van der Waals surface area contributed by atoms with Crippen molar-refractivity contribution in [2.45, 2.75) is 6.54 Å². The first kappa shape index (κ1) is 16.8. The molecule has 6 nitrogen and oxygen atoms in total. The number of nitrogens with zero attached hydrogens (tertiary/aromatic N) is 3. The quantitative estimate of drug-likeness (QED) is 0.683. The lowest BCUT2D eigenvalue weighted by Gasteiger charge is -2.09. The maximum atomic E-state index is 13.7. The summed E-state index contributed by atoms with van der Waals surface area (Å²) in [6, 6.07) is 13.9. The van der Waals surface area contributed by atoms with Gasteiger partial charge in [0.2, 0.25) is 5.95 Å². The molecule has 0 fully saturated rings. The molecular formula is C17H16FN5OS. The van der Waals surface area contributed by atoms with E-state index in [1.165, 1.54) is 17.1 Å². The van der Waals surface area contributed by atoms with Crippen molar-refractivity contribution in [3.05, 3.63) is 66.2 Å². The molecule has 2 N–H and O–H groups in total. The van der Waals surface area contributed by atoms with E-state index in [4.69, 9.17) is 17.0 Å². The molecule has 1 aromatic heterocycles. The van der Waals surface area contributed by atoms with Crippen LogP contribution in [-0.4, -0.2) is 27.0 Å². The first-order chi connectivity index (χ1) is 12.1. The Kier molecular flexibility index (Phi) is 5.20. The van der Waals surface area contributed by atoms with Gasteiger partial charge in [-0.1, -0.05) is 24.3 Å². The van der Waals surface area contributed by atoms with Crippen LogP contribution < -0.4 is 15.4 Å². The summed E-state index contributed by atoms with van der Waals surface area (Å²) in [5, 5.41) is 10.5. The van der Waals surface area contributed by atoms with Gasteiger partial charge >= 0.3 is 0 Å². The molecule has 0 aliphatic carbocycles. The van der Waals surface area contributed by atoms with Crippen molar-refractivity contribution in [2.24, 2.45) is 0 Å². The first-order valence-electron chi connectivity index (χ1n) is 7.49. The Labute approximate surface area is 149 Å². The van der Waals surface area contributed by atoms with Crippen LogP contribution in [0.3, 0.4) is 0 Å². The minimum Gasteiger partial charge on any atom is -0.497 e. The normalized spacial score (nSPS) is 10.3. The third-order valence-electron chi connectivity index (χ3n) is 3.38. The summed E-state index contributed by atoms with van der Waals surface area (Å²) >= 11 is 5.25. The number of halogens is 1. The lowest BCUT2D eigenvalue weighted by molar-refractivity contribution is 0.415. The van der Waals surface area contributed by atoms with Gasteiger partial charge in [0.25, 0.3) is 0 Å². The van der Waals surface area contributed by atoms with Crippen LogP contribution in [0, 0.1) is 5.82 Å². The average molecular weight is 357 g/mol. The van der Waals surface area contributed by atoms with E-state index in [1.54, 1.807) is 25.3 Å². The van der Waals surface area contributed by atoms with Gasteiger partial charge < -0.3 is 10.1 Å². The number of benzene rings is 2. The van der Waals surface area contributed by atoms with Crippen LogP contribution in [0.25, 0.3) is 0 Å². The second-order valence-corrected chi connectivity index (χ2v) is 5.58. The summed E-state index contributed by atoms with van der Waals surface area (Å²) < 4.78 is 20.4. The number of nitrogens with one attached hydrogen (secondary N) is 2. The number of thiocarbonyl (C=S) groups is 1. The average Bonchev–Trinajstić information content (AvgIpc) is 3.04. The van der Waals surface area contributed by atoms with Gasteiger partial charge in [-0.2, -0.15) is 0 Å².